The molecule has 3 nitrogen and oxygen atoms in total. The molecule has 0 radical (unpaired) electrons. The summed E-state index contributed by atoms with van der Waals surface area (Å²) < 4.78 is 0. The van der Waals surface area contributed by atoms with Gasteiger partial charge in [-0.1, -0.05) is 0 Å². The number of carbonyl (C=O) groups excluding carboxylic acids is 2. The lowest BCUT2D eigenvalue weighted by atomic mass is 9.95. The molecule has 0 aromatic heterocycles. The molecule has 1 rings (SSSR count). The maximum atomic E-state index is 10.8. The Morgan fingerprint density at radius 1 is 1.70 bits per heavy atom. The molecule has 1 heterocycles. The Bertz CT molecular complexity index is 163. The Morgan fingerprint density at radius 3 is 2.80 bits per heavy atom. The highest BCUT2D eigenvalue weighted by atomic mass is 16.1. The van der Waals surface area contributed by atoms with Crippen LogP contribution in [0.15, 0.2) is 0 Å². The first-order valence-corrected chi connectivity index (χ1v) is 3.43. The van der Waals surface area contributed by atoms with Crippen molar-refractivity contribution in [1.29, 1.82) is 0 Å². The van der Waals surface area contributed by atoms with Gasteiger partial charge in [-0.25, -0.2) is 0 Å². The highest BCUT2D eigenvalue weighted by Crippen LogP contribution is 2.07. The fraction of sp³-hybridized carbons (Fsp3) is 0.714. The fourth-order valence-electron chi connectivity index (χ4n) is 1.09. The summed E-state index contributed by atoms with van der Waals surface area (Å²) >= 11 is 0. The van der Waals surface area contributed by atoms with Crippen LogP contribution < -0.4 is 5.32 Å². The minimum absolute atomic E-state index is 0.0683. The van der Waals surface area contributed by atoms with Crippen LogP contribution in [0.25, 0.3) is 0 Å². The average molecular weight is 141 g/mol. The highest BCUT2D eigenvalue weighted by molar-refractivity contribution is 5.89. The summed E-state index contributed by atoms with van der Waals surface area (Å²) in [6, 6.07) is 0. The average Bonchev–Trinajstić information content (AvgIpc) is 1.88. The first-order chi connectivity index (χ1) is 4.70. The molecule has 0 spiro atoms. The van der Waals surface area contributed by atoms with Gasteiger partial charge in [0, 0.05) is 18.9 Å². The Labute approximate surface area is 59.8 Å². The van der Waals surface area contributed by atoms with Crippen LogP contribution in [-0.4, -0.2) is 24.7 Å². The van der Waals surface area contributed by atoms with Crippen molar-refractivity contribution < 1.29 is 9.59 Å². The Kier molecular flexibility index (Phi) is 2.17. The van der Waals surface area contributed by atoms with E-state index >= 15 is 0 Å². The molecule has 0 amide bonds. The quantitative estimate of drug-likeness (QED) is 0.548. The normalized spacial score (nSPS) is 26.5. The third-order valence-electron chi connectivity index (χ3n) is 1.76. The second-order valence-electron chi connectivity index (χ2n) is 2.68. The maximum absolute atomic E-state index is 10.8. The summed E-state index contributed by atoms with van der Waals surface area (Å²) in [6.07, 6.45) is 0.433. The second kappa shape index (κ2) is 2.92. The molecule has 0 aliphatic carbocycles. The van der Waals surface area contributed by atoms with Crippen molar-refractivity contribution >= 4 is 11.6 Å². The number of nitrogens with one attached hydrogen (secondary N) is 1. The van der Waals surface area contributed by atoms with Crippen LogP contribution in [0.4, 0.5) is 0 Å². The smallest absolute Gasteiger partial charge is 0.147 e. The van der Waals surface area contributed by atoms with E-state index in [0.717, 1.165) is 0 Å². The van der Waals surface area contributed by atoms with E-state index < -0.39 is 0 Å². The largest absolute Gasteiger partial charge is 0.309 e. The molecule has 1 aliphatic heterocycles. The summed E-state index contributed by atoms with van der Waals surface area (Å²) in [6.45, 7) is 2.63. The minimum atomic E-state index is -0.0683. The minimum Gasteiger partial charge on any atom is -0.309 e. The van der Waals surface area contributed by atoms with Crippen molar-refractivity contribution in [3.63, 3.8) is 0 Å². The summed E-state index contributed by atoms with van der Waals surface area (Å²) in [7, 11) is 0. The zero-order valence-electron chi connectivity index (χ0n) is 6.02. The van der Waals surface area contributed by atoms with Gasteiger partial charge in [0.05, 0.1) is 6.54 Å². The first kappa shape index (κ1) is 7.41. The monoisotopic (exact) mass is 141 g/mol. The number of Topliss-reactive ketones (excluding diaryl/α,β-unsaturated/α-hetero) is 2. The molecule has 0 aromatic rings. The van der Waals surface area contributed by atoms with Gasteiger partial charge in [-0.15, -0.1) is 0 Å². The van der Waals surface area contributed by atoms with E-state index in [2.05, 4.69) is 5.32 Å². The van der Waals surface area contributed by atoms with Gasteiger partial charge in [-0.05, 0) is 6.92 Å². The van der Waals surface area contributed by atoms with Gasteiger partial charge in [0.25, 0.3) is 0 Å². The lowest BCUT2D eigenvalue weighted by Crippen LogP contribution is -2.39. The molecule has 1 fully saturated rings. The number of ketones is 2. The molecule has 3 heteroatoms. The van der Waals surface area contributed by atoms with Crippen LogP contribution in [0.2, 0.25) is 0 Å². The topological polar surface area (TPSA) is 46.2 Å². The summed E-state index contributed by atoms with van der Waals surface area (Å²) in [4.78, 5) is 21.5. The Balaban J connectivity index is 2.47. The van der Waals surface area contributed by atoms with Crippen LogP contribution >= 0.6 is 0 Å². The van der Waals surface area contributed by atoms with Gasteiger partial charge < -0.3 is 5.32 Å². The predicted octanol–water partition coefficient (Wildman–Crippen LogP) is -0.246. The lowest BCUT2D eigenvalue weighted by molar-refractivity contribution is -0.127. The van der Waals surface area contributed by atoms with Gasteiger partial charge in [0.15, 0.2) is 0 Å². The second-order valence-corrected chi connectivity index (χ2v) is 2.68. The zero-order valence-corrected chi connectivity index (χ0v) is 6.02. The van der Waals surface area contributed by atoms with Gasteiger partial charge in [0.2, 0.25) is 0 Å². The summed E-state index contributed by atoms with van der Waals surface area (Å²) in [5.41, 5.74) is 0. The summed E-state index contributed by atoms with van der Waals surface area (Å²) in [5, 5.41) is 2.90. The van der Waals surface area contributed by atoms with E-state index in [9.17, 15) is 9.59 Å². The van der Waals surface area contributed by atoms with Gasteiger partial charge in [-0.2, -0.15) is 0 Å². The standard InChI is InChI=1S/C7H11NO2/c1-5(9)6-2-7(10)4-8-3-6/h6,8H,2-4H2,1H3. The molecular formula is C7H11NO2. The molecule has 10 heavy (non-hydrogen) atoms. The molecule has 1 unspecified atom stereocenters. The molecule has 1 aliphatic rings. The third kappa shape index (κ3) is 1.64. The number of piperidine rings is 1. The Morgan fingerprint density at radius 2 is 2.40 bits per heavy atom. The van der Waals surface area contributed by atoms with Gasteiger partial charge >= 0.3 is 0 Å². The van der Waals surface area contributed by atoms with Gasteiger partial charge in [0.1, 0.15) is 11.6 Å². The fourth-order valence-corrected chi connectivity index (χ4v) is 1.09. The molecule has 56 valence electrons. The van der Waals surface area contributed by atoms with Crippen molar-refractivity contribution in [2.75, 3.05) is 13.1 Å². The van der Waals surface area contributed by atoms with E-state index in [0.29, 0.717) is 19.5 Å². The molecule has 1 N–H and O–H groups in total. The number of carbonyl (C=O) groups is 2. The van der Waals surface area contributed by atoms with E-state index in [1.165, 1.54) is 6.92 Å². The lowest BCUT2D eigenvalue weighted by Gasteiger charge is -2.18. The molecule has 0 aromatic carbocycles. The summed E-state index contributed by atoms with van der Waals surface area (Å²) in [5.74, 6) is 0.188. The van der Waals surface area contributed by atoms with E-state index in [-0.39, 0.29) is 17.5 Å². The zero-order chi connectivity index (χ0) is 7.56. The van der Waals surface area contributed by atoms with Crippen molar-refractivity contribution in [1.82, 2.24) is 5.32 Å². The molecule has 1 atom stereocenters. The number of rotatable bonds is 1. The number of hydrogen-bond donors (Lipinski definition) is 1. The number of hydrogen-bond acceptors (Lipinski definition) is 3. The third-order valence-corrected chi connectivity index (χ3v) is 1.76. The van der Waals surface area contributed by atoms with Crippen LogP contribution in [0, 0.1) is 5.92 Å². The maximum Gasteiger partial charge on any atom is 0.147 e. The Hall–Kier alpha value is -0.700. The first-order valence-electron chi connectivity index (χ1n) is 3.43. The van der Waals surface area contributed by atoms with Crippen LogP contribution in [0.5, 0.6) is 0 Å². The SMILES string of the molecule is CC(=O)C1CNCC(=O)C1. The molecule has 0 bridgehead atoms. The van der Waals surface area contributed by atoms with E-state index in [1.807, 2.05) is 0 Å². The molecule has 1 saturated heterocycles. The van der Waals surface area contributed by atoms with Crippen LogP contribution in [0.1, 0.15) is 13.3 Å². The van der Waals surface area contributed by atoms with Crippen molar-refractivity contribution in [3.05, 3.63) is 0 Å². The molecular weight excluding hydrogens is 130 g/mol. The van der Waals surface area contributed by atoms with Crippen LogP contribution in [0.3, 0.4) is 0 Å². The highest BCUT2D eigenvalue weighted by Gasteiger charge is 2.21. The van der Waals surface area contributed by atoms with Gasteiger partial charge in [-0.3, -0.25) is 9.59 Å². The van der Waals surface area contributed by atoms with Crippen LogP contribution in [-0.2, 0) is 9.59 Å². The molecule has 0 saturated carbocycles. The van der Waals surface area contributed by atoms with E-state index in [4.69, 9.17) is 0 Å². The van der Waals surface area contributed by atoms with Crippen molar-refractivity contribution in [2.24, 2.45) is 5.92 Å². The van der Waals surface area contributed by atoms with E-state index in [1.54, 1.807) is 0 Å². The predicted molar refractivity (Wildman–Crippen MR) is 36.7 cm³/mol. The van der Waals surface area contributed by atoms with Crippen molar-refractivity contribution in [2.45, 2.75) is 13.3 Å². The van der Waals surface area contributed by atoms with Crippen molar-refractivity contribution in [3.8, 4) is 0 Å².